The quantitative estimate of drug-likeness (QED) is 0.539. The van der Waals surface area contributed by atoms with Gasteiger partial charge in [0, 0.05) is 29.7 Å². The van der Waals surface area contributed by atoms with Gasteiger partial charge in [0.15, 0.2) is 0 Å². The predicted molar refractivity (Wildman–Crippen MR) is 107 cm³/mol. The summed E-state index contributed by atoms with van der Waals surface area (Å²) in [6.07, 6.45) is -5.46. The van der Waals surface area contributed by atoms with Crippen LogP contribution in [0.25, 0.3) is 0 Å². The predicted octanol–water partition coefficient (Wildman–Crippen LogP) is 5.50. The molecule has 0 spiro atoms. The molecule has 0 saturated heterocycles. The Morgan fingerprint density at radius 2 is 2.06 bits per heavy atom. The highest BCUT2D eigenvalue weighted by atomic mass is 19.4. The smallest absolute Gasteiger partial charge is 0.389 e. The van der Waals surface area contributed by atoms with E-state index in [0.29, 0.717) is 18.6 Å². The third-order valence-electron chi connectivity index (χ3n) is 5.97. The number of benzene rings is 1. The van der Waals surface area contributed by atoms with Gasteiger partial charge in [-0.2, -0.15) is 18.4 Å². The number of methoxy groups -OCH3 is 1. The molecule has 0 fully saturated rings. The highest BCUT2D eigenvalue weighted by molar-refractivity contribution is 5.92. The Hall–Kier alpha value is -2.63. The zero-order valence-electron chi connectivity index (χ0n) is 17.7. The number of halogens is 4. The highest BCUT2D eigenvalue weighted by Crippen LogP contribution is 2.55. The van der Waals surface area contributed by atoms with Gasteiger partial charge in [-0.3, -0.25) is 9.79 Å². The molecule has 1 aliphatic heterocycles. The van der Waals surface area contributed by atoms with Crippen LogP contribution in [-0.2, 0) is 4.79 Å². The second kappa shape index (κ2) is 9.67. The van der Waals surface area contributed by atoms with E-state index in [1.165, 1.54) is 13.2 Å². The Bertz CT molecular complexity index is 878. The number of nitrogens with zero attached hydrogens (tertiary/aromatic N) is 2. The molecule has 1 aromatic rings. The van der Waals surface area contributed by atoms with Crippen LogP contribution in [0, 0.1) is 28.5 Å². The molecule has 9 heteroatoms. The van der Waals surface area contributed by atoms with Gasteiger partial charge in [0.2, 0.25) is 0 Å². The Morgan fingerprint density at radius 3 is 2.58 bits per heavy atom. The summed E-state index contributed by atoms with van der Waals surface area (Å²) in [5.74, 6) is -3.93. The van der Waals surface area contributed by atoms with E-state index in [1.54, 1.807) is 6.92 Å². The average molecular weight is 442 g/mol. The molecule has 1 aromatic carbocycles. The van der Waals surface area contributed by atoms with Crippen LogP contribution in [0.2, 0.25) is 0 Å². The van der Waals surface area contributed by atoms with Crippen LogP contribution in [0.5, 0.6) is 5.75 Å². The van der Waals surface area contributed by atoms with Crippen molar-refractivity contribution in [3.05, 3.63) is 29.6 Å². The normalized spacial score (nSPS) is 26.1. The molecule has 0 aliphatic carbocycles. The van der Waals surface area contributed by atoms with Crippen LogP contribution in [0.1, 0.15) is 57.4 Å². The summed E-state index contributed by atoms with van der Waals surface area (Å²) in [6, 6.07) is 4.82. The van der Waals surface area contributed by atoms with Crippen molar-refractivity contribution >= 4 is 11.7 Å². The van der Waals surface area contributed by atoms with E-state index in [1.807, 2.05) is 6.92 Å². The molecule has 4 unspecified atom stereocenters. The van der Waals surface area contributed by atoms with Crippen molar-refractivity contribution in [1.29, 1.82) is 5.26 Å². The van der Waals surface area contributed by atoms with Gasteiger partial charge in [-0.05, 0) is 32.3 Å². The molecule has 0 radical (unpaired) electrons. The standard InChI is InChI=1S/C22H26F4N2O3/c1-4-6-18-21(20(29)30,9-5-10-22(24,25)26)19(16(12-27)13(2)28-18)15-8-7-14(23)11-17(15)31-3/h7-8,11,16,18-19H,4-6,9-10H2,1-3H3,(H,29,30). The zero-order chi connectivity index (χ0) is 23.4. The average Bonchev–Trinajstić information content (AvgIpc) is 2.68. The minimum Gasteiger partial charge on any atom is -0.496 e. The molecule has 2 rings (SSSR count). The lowest BCUT2D eigenvalue weighted by atomic mass is 9.57. The Labute approximate surface area is 178 Å². The lowest BCUT2D eigenvalue weighted by molar-refractivity contribution is -0.157. The van der Waals surface area contributed by atoms with Crippen molar-refractivity contribution in [3.8, 4) is 11.8 Å². The van der Waals surface area contributed by atoms with Crippen LogP contribution in [0.15, 0.2) is 23.2 Å². The molecule has 5 nitrogen and oxygen atoms in total. The molecular formula is C22H26F4N2O3. The maximum absolute atomic E-state index is 13.8. The van der Waals surface area contributed by atoms with Gasteiger partial charge in [-0.25, -0.2) is 4.39 Å². The van der Waals surface area contributed by atoms with Crippen molar-refractivity contribution in [3.63, 3.8) is 0 Å². The zero-order valence-corrected chi connectivity index (χ0v) is 17.7. The molecule has 31 heavy (non-hydrogen) atoms. The summed E-state index contributed by atoms with van der Waals surface area (Å²) < 4.78 is 57.7. The first-order valence-corrected chi connectivity index (χ1v) is 10.1. The number of hydrogen-bond donors (Lipinski definition) is 1. The number of carboxylic acid groups (broad SMARTS) is 1. The fraction of sp³-hybridized carbons (Fsp3) is 0.591. The topological polar surface area (TPSA) is 82.7 Å². The van der Waals surface area contributed by atoms with E-state index < -0.39 is 54.1 Å². The van der Waals surface area contributed by atoms with Crippen LogP contribution >= 0.6 is 0 Å². The monoisotopic (exact) mass is 442 g/mol. The number of nitriles is 1. The molecule has 170 valence electrons. The minimum atomic E-state index is -4.44. The number of aliphatic carboxylic acids is 1. The number of carboxylic acids is 1. The Balaban J connectivity index is 2.76. The van der Waals surface area contributed by atoms with Gasteiger partial charge in [0.25, 0.3) is 0 Å². The number of aliphatic imine (C=N–C) groups is 1. The number of carbonyl (C=O) groups is 1. The molecule has 4 atom stereocenters. The van der Waals surface area contributed by atoms with Gasteiger partial charge in [-0.15, -0.1) is 0 Å². The second-order valence-corrected chi connectivity index (χ2v) is 7.86. The van der Waals surface area contributed by atoms with E-state index in [0.717, 1.165) is 12.1 Å². The van der Waals surface area contributed by atoms with Crippen molar-refractivity contribution < 1.29 is 32.2 Å². The van der Waals surface area contributed by atoms with E-state index in [2.05, 4.69) is 11.1 Å². The first-order valence-electron chi connectivity index (χ1n) is 10.1. The van der Waals surface area contributed by atoms with E-state index >= 15 is 0 Å². The Kier molecular flexibility index (Phi) is 7.68. The Morgan fingerprint density at radius 1 is 1.39 bits per heavy atom. The molecular weight excluding hydrogens is 416 g/mol. The lowest BCUT2D eigenvalue weighted by Crippen LogP contribution is -2.53. The van der Waals surface area contributed by atoms with Gasteiger partial charge >= 0.3 is 12.1 Å². The number of ether oxygens (including phenoxy) is 1. The maximum Gasteiger partial charge on any atom is 0.389 e. The van der Waals surface area contributed by atoms with E-state index in [9.17, 15) is 32.7 Å². The summed E-state index contributed by atoms with van der Waals surface area (Å²) in [5, 5.41) is 20.3. The molecule has 0 bridgehead atoms. The van der Waals surface area contributed by atoms with Crippen molar-refractivity contribution in [2.45, 2.75) is 64.1 Å². The fourth-order valence-electron chi connectivity index (χ4n) is 4.64. The van der Waals surface area contributed by atoms with Gasteiger partial charge in [-0.1, -0.05) is 19.4 Å². The lowest BCUT2D eigenvalue weighted by Gasteiger charge is -2.47. The summed E-state index contributed by atoms with van der Waals surface area (Å²) in [4.78, 5) is 17.2. The van der Waals surface area contributed by atoms with Crippen molar-refractivity contribution in [2.75, 3.05) is 7.11 Å². The first-order chi connectivity index (χ1) is 14.5. The maximum atomic E-state index is 13.8. The number of alkyl halides is 3. The number of rotatable bonds is 8. The third-order valence-corrected chi connectivity index (χ3v) is 5.97. The van der Waals surface area contributed by atoms with Gasteiger partial charge in [0.1, 0.15) is 11.6 Å². The van der Waals surface area contributed by atoms with Crippen molar-refractivity contribution in [1.82, 2.24) is 0 Å². The van der Waals surface area contributed by atoms with Gasteiger partial charge < -0.3 is 9.84 Å². The fourth-order valence-corrected chi connectivity index (χ4v) is 4.64. The minimum absolute atomic E-state index is 0.0524. The molecule has 1 N–H and O–H groups in total. The molecule has 0 amide bonds. The molecule has 1 heterocycles. The number of hydrogen-bond acceptors (Lipinski definition) is 4. The third kappa shape index (κ3) is 5.00. The largest absolute Gasteiger partial charge is 0.496 e. The van der Waals surface area contributed by atoms with Crippen LogP contribution in [0.4, 0.5) is 17.6 Å². The van der Waals surface area contributed by atoms with Crippen LogP contribution in [-0.4, -0.2) is 36.1 Å². The van der Waals surface area contributed by atoms with Crippen LogP contribution in [0.3, 0.4) is 0 Å². The summed E-state index contributed by atoms with van der Waals surface area (Å²) >= 11 is 0. The molecule has 0 saturated carbocycles. The molecule has 0 aromatic heterocycles. The van der Waals surface area contributed by atoms with Gasteiger partial charge in [0.05, 0.1) is 30.6 Å². The SMILES string of the molecule is CCCC1N=C(C)C(C#N)C(c2ccc(F)cc2OC)C1(CCCC(F)(F)F)C(=O)O. The summed E-state index contributed by atoms with van der Waals surface area (Å²) in [7, 11) is 1.29. The first kappa shape index (κ1) is 24.6. The molecule has 1 aliphatic rings. The highest BCUT2D eigenvalue weighted by Gasteiger charge is 2.58. The van der Waals surface area contributed by atoms with E-state index in [-0.39, 0.29) is 17.7 Å². The van der Waals surface area contributed by atoms with Crippen molar-refractivity contribution in [2.24, 2.45) is 16.3 Å². The van der Waals surface area contributed by atoms with Crippen LogP contribution < -0.4 is 4.74 Å². The summed E-state index contributed by atoms with van der Waals surface area (Å²) in [6.45, 7) is 3.44. The summed E-state index contributed by atoms with van der Waals surface area (Å²) in [5.41, 5.74) is -1.09. The second-order valence-electron chi connectivity index (χ2n) is 7.86. The van der Waals surface area contributed by atoms with E-state index in [4.69, 9.17) is 4.74 Å².